The molecule has 1 N–H and O–H groups in total. The van der Waals surface area contributed by atoms with Crippen molar-refractivity contribution in [2.45, 2.75) is 19.8 Å². The van der Waals surface area contributed by atoms with Crippen molar-refractivity contribution in [2.24, 2.45) is 0 Å². The summed E-state index contributed by atoms with van der Waals surface area (Å²) in [5.41, 5.74) is 1.72. The number of carbonyl (C=O) groups is 2. The fourth-order valence-corrected chi connectivity index (χ4v) is 2.51. The molecule has 24 heavy (non-hydrogen) atoms. The molecular weight excluding hydrogens is 370 g/mol. The summed E-state index contributed by atoms with van der Waals surface area (Å²) in [5, 5.41) is 3.00. The molecule has 2 aromatic rings. The molecule has 0 fully saturated rings. The third-order valence-corrected chi connectivity index (χ3v) is 3.94. The van der Waals surface area contributed by atoms with Crippen molar-refractivity contribution < 1.29 is 14.3 Å². The standard InChI is InChI=1S/C19H20BrNO3/c1-2-3-11-24-18(22)13-21-17-10-9-15(20)12-16(17)19(23)14-7-5-4-6-8-14/h4-10,12,21H,2-3,11,13H2,1H3. The number of hydrogen-bond acceptors (Lipinski definition) is 4. The average Bonchev–Trinajstić information content (AvgIpc) is 2.61. The number of benzene rings is 2. The van der Waals surface area contributed by atoms with Crippen molar-refractivity contribution in [1.29, 1.82) is 0 Å². The largest absolute Gasteiger partial charge is 0.464 e. The van der Waals surface area contributed by atoms with E-state index in [1.807, 2.05) is 31.2 Å². The number of esters is 1. The molecule has 0 aliphatic rings. The molecule has 0 heterocycles. The van der Waals surface area contributed by atoms with Gasteiger partial charge in [0.05, 0.1) is 6.61 Å². The van der Waals surface area contributed by atoms with Crippen LogP contribution in [0.4, 0.5) is 5.69 Å². The summed E-state index contributed by atoms with van der Waals surface area (Å²) in [4.78, 5) is 24.4. The lowest BCUT2D eigenvalue weighted by Gasteiger charge is -2.12. The number of hydrogen-bond donors (Lipinski definition) is 1. The number of unbranched alkanes of at least 4 members (excludes halogenated alkanes) is 1. The normalized spacial score (nSPS) is 10.2. The molecule has 5 heteroatoms. The summed E-state index contributed by atoms with van der Waals surface area (Å²) in [5.74, 6) is -0.428. The number of ketones is 1. The molecule has 0 amide bonds. The second-order valence-electron chi connectivity index (χ2n) is 5.31. The first-order valence-electron chi connectivity index (χ1n) is 7.90. The molecule has 126 valence electrons. The van der Waals surface area contributed by atoms with Crippen molar-refractivity contribution in [3.8, 4) is 0 Å². The van der Waals surface area contributed by atoms with E-state index in [1.54, 1.807) is 24.3 Å². The highest BCUT2D eigenvalue weighted by molar-refractivity contribution is 9.10. The highest BCUT2D eigenvalue weighted by atomic mass is 79.9. The lowest BCUT2D eigenvalue weighted by Crippen LogP contribution is -2.19. The Hall–Kier alpha value is -2.14. The second-order valence-corrected chi connectivity index (χ2v) is 6.23. The fraction of sp³-hybridized carbons (Fsp3) is 0.263. The summed E-state index contributed by atoms with van der Waals surface area (Å²) in [7, 11) is 0. The molecule has 0 aliphatic carbocycles. The smallest absolute Gasteiger partial charge is 0.325 e. The molecular formula is C19H20BrNO3. The Morgan fingerprint density at radius 1 is 1.12 bits per heavy atom. The number of carbonyl (C=O) groups excluding carboxylic acids is 2. The van der Waals surface area contributed by atoms with Crippen LogP contribution in [-0.4, -0.2) is 24.9 Å². The molecule has 0 saturated carbocycles. The Kier molecular flexibility index (Phi) is 7.00. The lowest BCUT2D eigenvalue weighted by atomic mass is 10.0. The van der Waals surface area contributed by atoms with Gasteiger partial charge < -0.3 is 10.1 Å². The summed E-state index contributed by atoms with van der Waals surface area (Å²) >= 11 is 3.39. The van der Waals surface area contributed by atoms with Crippen LogP contribution in [0.25, 0.3) is 0 Å². The Morgan fingerprint density at radius 3 is 2.58 bits per heavy atom. The third-order valence-electron chi connectivity index (χ3n) is 3.45. The number of halogens is 1. The van der Waals surface area contributed by atoms with Crippen molar-refractivity contribution >= 4 is 33.4 Å². The lowest BCUT2D eigenvalue weighted by molar-refractivity contribution is -0.141. The molecule has 0 spiro atoms. The van der Waals surface area contributed by atoms with Crippen molar-refractivity contribution in [2.75, 3.05) is 18.5 Å². The zero-order valence-electron chi connectivity index (χ0n) is 13.5. The van der Waals surface area contributed by atoms with E-state index in [4.69, 9.17) is 4.74 Å². The quantitative estimate of drug-likeness (QED) is 0.412. The Balaban J connectivity index is 2.10. The van der Waals surface area contributed by atoms with E-state index in [2.05, 4.69) is 21.2 Å². The van der Waals surface area contributed by atoms with E-state index >= 15 is 0 Å². The first-order valence-corrected chi connectivity index (χ1v) is 8.70. The van der Waals surface area contributed by atoms with Crippen LogP contribution >= 0.6 is 15.9 Å². The third kappa shape index (κ3) is 5.20. The molecule has 0 radical (unpaired) electrons. The van der Waals surface area contributed by atoms with Crippen LogP contribution in [0, 0.1) is 0 Å². The van der Waals surface area contributed by atoms with Gasteiger partial charge in [0.1, 0.15) is 6.54 Å². The maximum absolute atomic E-state index is 12.7. The molecule has 4 nitrogen and oxygen atoms in total. The fourth-order valence-electron chi connectivity index (χ4n) is 2.15. The van der Waals surface area contributed by atoms with E-state index in [0.717, 1.165) is 17.3 Å². The summed E-state index contributed by atoms with van der Waals surface area (Å²) in [6, 6.07) is 14.4. The van der Waals surface area contributed by atoms with Crippen molar-refractivity contribution in [3.05, 3.63) is 64.1 Å². The SMILES string of the molecule is CCCCOC(=O)CNc1ccc(Br)cc1C(=O)c1ccccc1. The summed E-state index contributed by atoms with van der Waals surface area (Å²) in [6.07, 6.45) is 1.82. The van der Waals surface area contributed by atoms with Crippen LogP contribution in [0.1, 0.15) is 35.7 Å². The van der Waals surface area contributed by atoms with E-state index in [1.165, 1.54) is 0 Å². The van der Waals surface area contributed by atoms with E-state index in [-0.39, 0.29) is 18.3 Å². The number of ether oxygens (including phenoxy) is 1. The van der Waals surface area contributed by atoms with Gasteiger partial charge in [-0.2, -0.15) is 0 Å². The van der Waals surface area contributed by atoms with Gasteiger partial charge in [0.25, 0.3) is 0 Å². The second kappa shape index (κ2) is 9.23. The highest BCUT2D eigenvalue weighted by Gasteiger charge is 2.15. The van der Waals surface area contributed by atoms with Crippen LogP contribution < -0.4 is 5.32 Å². The first-order chi connectivity index (χ1) is 11.6. The average molecular weight is 390 g/mol. The van der Waals surface area contributed by atoms with E-state index in [0.29, 0.717) is 23.4 Å². The minimum atomic E-state index is -0.329. The van der Waals surface area contributed by atoms with Gasteiger partial charge in [-0.1, -0.05) is 59.6 Å². The molecule has 0 atom stereocenters. The monoisotopic (exact) mass is 389 g/mol. The van der Waals surface area contributed by atoms with Gasteiger partial charge in [0.15, 0.2) is 5.78 Å². The first kappa shape index (κ1) is 18.2. The molecule has 0 bridgehead atoms. The predicted molar refractivity (Wildman–Crippen MR) is 98.4 cm³/mol. The minimum absolute atomic E-state index is 0.0282. The van der Waals surface area contributed by atoms with Crippen LogP contribution in [0.3, 0.4) is 0 Å². The molecule has 2 aromatic carbocycles. The predicted octanol–water partition coefficient (Wildman–Crippen LogP) is 4.44. The van der Waals surface area contributed by atoms with Gasteiger partial charge in [-0.15, -0.1) is 0 Å². The maximum Gasteiger partial charge on any atom is 0.325 e. The Labute approximate surface area is 150 Å². The van der Waals surface area contributed by atoms with Gasteiger partial charge in [-0.3, -0.25) is 9.59 Å². The maximum atomic E-state index is 12.7. The van der Waals surface area contributed by atoms with Gasteiger partial charge in [-0.05, 0) is 24.6 Å². The topological polar surface area (TPSA) is 55.4 Å². The zero-order valence-corrected chi connectivity index (χ0v) is 15.1. The Bertz CT molecular complexity index is 701. The zero-order chi connectivity index (χ0) is 17.4. The van der Waals surface area contributed by atoms with Crippen LogP contribution in [0.2, 0.25) is 0 Å². The van der Waals surface area contributed by atoms with Crippen LogP contribution in [-0.2, 0) is 9.53 Å². The number of anilines is 1. The van der Waals surface area contributed by atoms with Crippen LogP contribution in [0.15, 0.2) is 53.0 Å². The van der Waals surface area contributed by atoms with Gasteiger partial charge in [0, 0.05) is 21.3 Å². The molecule has 0 unspecified atom stereocenters. The Morgan fingerprint density at radius 2 is 1.88 bits per heavy atom. The van der Waals surface area contributed by atoms with Gasteiger partial charge in [0.2, 0.25) is 0 Å². The van der Waals surface area contributed by atoms with Crippen molar-refractivity contribution in [1.82, 2.24) is 0 Å². The number of rotatable bonds is 8. The number of nitrogens with one attached hydrogen (secondary N) is 1. The summed E-state index contributed by atoms with van der Waals surface area (Å²) < 4.78 is 5.92. The summed E-state index contributed by atoms with van der Waals surface area (Å²) in [6.45, 7) is 2.49. The minimum Gasteiger partial charge on any atom is -0.464 e. The van der Waals surface area contributed by atoms with Gasteiger partial charge in [-0.25, -0.2) is 0 Å². The molecule has 0 saturated heterocycles. The van der Waals surface area contributed by atoms with E-state index < -0.39 is 0 Å². The molecule has 0 aromatic heterocycles. The van der Waals surface area contributed by atoms with Crippen LogP contribution in [0.5, 0.6) is 0 Å². The van der Waals surface area contributed by atoms with Crippen molar-refractivity contribution in [3.63, 3.8) is 0 Å². The van der Waals surface area contributed by atoms with Gasteiger partial charge >= 0.3 is 5.97 Å². The highest BCUT2D eigenvalue weighted by Crippen LogP contribution is 2.24. The molecule has 2 rings (SSSR count). The van der Waals surface area contributed by atoms with E-state index in [9.17, 15) is 9.59 Å². The molecule has 0 aliphatic heterocycles.